The maximum atomic E-state index is 13.6. The lowest BCUT2D eigenvalue weighted by Gasteiger charge is -2.22. The Kier molecular flexibility index (Phi) is 6.39. The van der Waals surface area contributed by atoms with Gasteiger partial charge in [0, 0.05) is 18.5 Å². The maximum Gasteiger partial charge on any atom is 0.352 e. The van der Waals surface area contributed by atoms with Crippen LogP contribution < -0.4 is 21.0 Å². The van der Waals surface area contributed by atoms with Crippen molar-refractivity contribution >= 4 is 33.2 Å². The van der Waals surface area contributed by atoms with Gasteiger partial charge in [-0.3, -0.25) is 19.0 Å². The maximum absolute atomic E-state index is 13.6. The third-order valence-corrected chi connectivity index (χ3v) is 6.87. The van der Waals surface area contributed by atoms with Crippen molar-refractivity contribution in [2.24, 2.45) is 5.92 Å². The minimum atomic E-state index is -0.802. The van der Waals surface area contributed by atoms with E-state index in [1.54, 1.807) is 45.0 Å². The van der Waals surface area contributed by atoms with Crippen molar-refractivity contribution in [2.45, 2.75) is 27.3 Å². The molecule has 4 aromatic rings. The molecule has 0 aliphatic carbocycles. The summed E-state index contributed by atoms with van der Waals surface area (Å²) in [4.78, 5) is 54.8. The zero-order valence-corrected chi connectivity index (χ0v) is 20.7. The largest absolute Gasteiger partial charge is 0.496 e. The highest BCUT2D eigenvalue weighted by atomic mass is 32.1. The standard InChI is InChI=1S/C23H24N6O5S/c1-13(2)19(31)26(4)28-20(32)18-14(3)21(29-24-10-11-25-29)35-22(18)27(23(28)33)12-16(30)15-8-6-7-9-17(15)34-5/h6-11,13H,12H2,1-5H3. The number of aromatic nitrogens is 5. The van der Waals surface area contributed by atoms with E-state index in [-0.39, 0.29) is 16.8 Å². The highest BCUT2D eigenvalue weighted by Gasteiger charge is 2.27. The van der Waals surface area contributed by atoms with E-state index in [0.717, 1.165) is 21.0 Å². The molecule has 1 amide bonds. The predicted molar refractivity (Wildman–Crippen MR) is 131 cm³/mol. The highest BCUT2D eigenvalue weighted by molar-refractivity contribution is 7.21. The van der Waals surface area contributed by atoms with Crippen LogP contribution in [0, 0.1) is 12.8 Å². The second-order valence-electron chi connectivity index (χ2n) is 8.16. The van der Waals surface area contributed by atoms with Gasteiger partial charge in [-0.25, -0.2) is 9.80 Å². The lowest BCUT2D eigenvalue weighted by molar-refractivity contribution is -0.122. The number of nitrogens with zero attached hydrogens (tertiary/aromatic N) is 6. The third-order valence-electron chi connectivity index (χ3n) is 5.59. The highest BCUT2D eigenvalue weighted by Crippen LogP contribution is 2.30. The van der Waals surface area contributed by atoms with Gasteiger partial charge in [0.1, 0.15) is 15.6 Å². The van der Waals surface area contributed by atoms with Gasteiger partial charge in [0.2, 0.25) is 5.91 Å². The first-order valence-corrected chi connectivity index (χ1v) is 11.6. The number of hydrogen-bond donors (Lipinski definition) is 0. The van der Waals surface area contributed by atoms with Crippen LogP contribution in [-0.4, -0.2) is 50.1 Å². The van der Waals surface area contributed by atoms with Crippen LogP contribution >= 0.6 is 11.3 Å². The van der Waals surface area contributed by atoms with Crippen LogP contribution in [0.2, 0.25) is 0 Å². The summed E-state index contributed by atoms with van der Waals surface area (Å²) >= 11 is 1.12. The third kappa shape index (κ3) is 4.05. The lowest BCUT2D eigenvalue weighted by atomic mass is 10.1. The zero-order valence-electron chi connectivity index (χ0n) is 19.9. The molecule has 0 atom stereocenters. The predicted octanol–water partition coefficient (Wildman–Crippen LogP) is 1.76. The molecule has 35 heavy (non-hydrogen) atoms. The number of rotatable bonds is 7. The first-order chi connectivity index (χ1) is 16.7. The molecule has 1 aromatic carbocycles. The number of para-hydroxylation sites is 1. The van der Waals surface area contributed by atoms with Crippen molar-refractivity contribution in [3.8, 4) is 10.8 Å². The number of thiophene rings is 1. The fraction of sp³-hybridized carbons (Fsp3) is 0.304. The summed E-state index contributed by atoms with van der Waals surface area (Å²) in [5, 5.41) is 10.0. The Morgan fingerprint density at radius 2 is 1.80 bits per heavy atom. The number of ketones is 1. The average Bonchev–Trinajstić information content (AvgIpc) is 3.49. The van der Waals surface area contributed by atoms with Gasteiger partial charge in [0.25, 0.3) is 5.56 Å². The SMILES string of the molecule is COc1ccccc1C(=O)Cn1c(=O)n(N(C)C(=O)C(C)C)c(=O)c2c(C)c(-n3nccn3)sc21. The van der Waals surface area contributed by atoms with Crippen LogP contribution in [0.5, 0.6) is 5.75 Å². The molecule has 3 heterocycles. The number of benzene rings is 1. The van der Waals surface area contributed by atoms with Crippen LogP contribution in [0.1, 0.15) is 29.8 Å². The molecule has 0 bridgehead atoms. The van der Waals surface area contributed by atoms with Crippen molar-refractivity contribution in [2.75, 3.05) is 19.2 Å². The van der Waals surface area contributed by atoms with E-state index in [1.807, 2.05) is 0 Å². The summed E-state index contributed by atoms with van der Waals surface area (Å²) in [5.74, 6) is -0.907. The van der Waals surface area contributed by atoms with Crippen molar-refractivity contribution in [3.63, 3.8) is 0 Å². The average molecular weight is 497 g/mol. The number of ether oxygens (including phenoxy) is 1. The van der Waals surface area contributed by atoms with Gasteiger partial charge < -0.3 is 4.74 Å². The zero-order chi connectivity index (χ0) is 25.4. The number of hydrogen-bond acceptors (Lipinski definition) is 8. The first-order valence-electron chi connectivity index (χ1n) is 10.8. The Morgan fingerprint density at radius 1 is 1.14 bits per heavy atom. The molecule has 0 saturated heterocycles. The van der Waals surface area contributed by atoms with Gasteiger partial charge in [-0.15, -0.1) is 4.80 Å². The molecule has 0 unspecified atom stereocenters. The summed E-state index contributed by atoms with van der Waals surface area (Å²) < 4.78 is 7.29. The van der Waals surface area contributed by atoms with E-state index in [9.17, 15) is 19.2 Å². The van der Waals surface area contributed by atoms with Crippen molar-refractivity contribution in [3.05, 3.63) is 68.6 Å². The van der Waals surface area contributed by atoms with Crippen LogP contribution in [0.4, 0.5) is 0 Å². The molecule has 0 fully saturated rings. The van der Waals surface area contributed by atoms with Gasteiger partial charge >= 0.3 is 5.69 Å². The van der Waals surface area contributed by atoms with Gasteiger partial charge in [-0.05, 0) is 19.1 Å². The van der Waals surface area contributed by atoms with E-state index in [2.05, 4.69) is 10.2 Å². The van der Waals surface area contributed by atoms with E-state index in [0.29, 0.717) is 21.9 Å². The number of Topliss-reactive ketones (excluding diaryl/α,β-unsaturated/α-hetero) is 1. The quantitative estimate of drug-likeness (QED) is 0.357. The van der Waals surface area contributed by atoms with E-state index in [1.165, 1.54) is 35.9 Å². The molecule has 0 radical (unpaired) electrons. The number of aryl methyl sites for hydroxylation is 1. The van der Waals surface area contributed by atoms with E-state index >= 15 is 0 Å². The minimum Gasteiger partial charge on any atom is -0.496 e. The molecule has 182 valence electrons. The summed E-state index contributed by atoms with van der Waals surface area (Å²) in [7, 11) is 2.82. The monoisotopic (exact) mass is 496 g/mol. The Morgan fingerprint density at radius 3 is 2.43 bits per heavy atom. The molecule has 4 rings (SSSR count). The summed E-state index contributed by atoms with van der Waals surface area (Å²) in [6, 6.07) is 6.69. The number of carbonyl (C=O) groups is 2. The number of methoxy groups -OCH3 is 1. The molecule has 0 saturated carbocycles. The second-order valence-corrected chi connectivity index (χ2v) is 9.13. The van der Waals surface area contributed by atoms with Crippen molar-refractivity contribution in [1.82, 2.24) is 24.2 Å². The molecular weight excluding hydrogens is 472 g/mol. The number of fused-ring (bicyclic) bond motifs is 1. The molecule has 0 N–H and O–H groups in total. The molecule has 0 aliphatic heterocycles. The first kappa shape index (κ1) is 24.1. The molecule has 12 heteroatoms. The topological polar surface area (TPSA) is 121 Å². The van der Waals surface area contributed by atoms with Crippen LogP contribution in [0.3, 0.4) is 0 Å². The Balaban J connectivity index is 2.00. The molecular formula is C23H24N6O5S. The van der Waals surface area contributed by atoms with Crippen LogP contribution in [-0.2, 0) is 11.3 Å². The van der Waals surface area contributed by atoms with Gasteiger partial charge in [0.15, 0.2) is 5.78 Å². The molecule has 11 nitrogen and oxygen atoms in total. The second kappa shape index (κ2) is 9.29. The Hall–Kier alpha value is -4.06. The van der Waals surface area contributed by atoms with Crippen LogP contribution in [0.15, 0.2) is 46.2 Å². The van der Waals surface area contributed by atoms with Crippen LogP contribution in [0.25, 0.3) is 15.2 Å². The summed E-state index contributed by atoms with van der Waals surface area (Å²) in [5.41, 5.74) is -0.636. The minimum absolute atomic E-state index is 0.207. The Bertz CT molecular complexity index is 1550. The molecule has 0 aliphatic rings. The molecule has 0 spiro atoms. The molecule has 3 aromatic heterocycles. The van der Waals surface area contributed by atoms with E-state index in [4.69, 9.17) is 4.74 Å². The normalized spacial score (nSPS) is 11.3. The lowest BCUT2D eigenvalue weighted by Crippen LogP contribution is -2.54. The fourth-order valence-electron chi connectivity index (χ4n) is 3.81. The van der Waals surface area contributed by atoms with Gasteiger partial charge in [-0.1, -0.05) is 37.3 Å². The summed E-state index contributed by atoms with van der Waals surface area (Å²) in [6.07, 6.45) is 2.99. The number of amides is 1. The van der Waals surface area contributed by atoms with Gasteiger partial charge in [-0.2, -0.15) is 14.9 Å². The fourth-order valence-corrected chi connectivity index (χ4v) is 5.02. The summed E-state index contributed by atoms with van der Waals surface area (Å²) in [6.45, 7) is 4.68. The van der Waals surface area contributed by atoms with Gasteiger partial charge in [0.05, 0.1) is 37.0 Å². The smallest absolute Gasteiger partial charge is 0.352 e. The van der Waals surface area contributed by atoms with Crippen molar-refractivity contribution in [1.29, 1.82) is 0 Å². The van der Waals surface area contributed by atoms with E-state index < -0.39 is 28.9 Å². The number of carbonyl (C=O) groups excluding carboxylic acids is 2. The Labute approximate surface area is 203 Å². The van der Waals surface area contributed by atoms with Crippen molar-refractivity contribution < 1.29 is 14.3 Å².